The van der Waals surface area contributed by atoms with Crippen molar-refractivity contribution in [2.75, 3.05) is 13.2 Å². The second-order valence-electron chi connectivity index (χ2n) is 5.72. The van der Waals surface area contributed by atoms with Crippen molar-refractivity contribution in [3.8, 4) is 11.5 Å². The lowest BCUT2D eigenvalue weighted by Crippen LogP contribution is -2.34. The van der Waals surface area contributed by atoms with E-state index >= 15 is 0 Å². The van der Waals surface area contributed by atoms with Gasteiger partial charge in [-0.05, 0) is 26.8 Å². The maximum Gasteiger partial charge on any atom is 0.258 e. The molecule has 0 radical (unpaired) electrons. The molecule has 0 aromatic heterocycles. The molecule has 0 spiro atoms. The molecule has 5 nitrogen and oxygen atoms in total. The van der Waals surface area contributed by atoms with Crippen LogP contribution in [0.5, 0.6) is 11.5 Å². The van der Waals surface area contributed by atoms with Crippen LogP contribution < -0.4 is 14.8 Å². The van der Waals surface area contributed by atoms with Gasteiger partial charge in [0, 0.05) is 18.5 Å². The van der Waals surface area contributed by atoms with Crippen LogP contribution in [0.15, 0.2) is 18.2 Å². The summed E-state index contributed by atoms with van der Waals surface area (Å²) in [6.45, 7) is 5.78. The fraction of sp³-hybridized carbons (Fsp3) is 0.533. The lowest BCUT2D eigenvalue weighted by atomic mass is 10.0. The zero-order valence-electron chi connectivity index (χ0n) is 12.1. The quantitative estimate of drug-likeness (QED) is 0.852. The smallest absolute Gasteiger partial charge is 0.258 e. The molecule has 1 aromatic carbocycles. The Kier molecular flexibility index (Phi) is 4.18. The summed E-state index contributed by atoms with van der Waals surface area (Å²) in [6.07, 6.45) is 0.261. The van der Waals surface area contributed by atoms with Crippen molar-refractivity contribution in [2.45, 2.75) is 38.9 Å². The largest absolute Gasteiger partial charge is 0.483 e. The number of ether oxygens (including phenoxy) is 2. The molecule has 1 unspecified atom stereocenters. The molecule has 0 saturated heterocycles. The Morgan fingerprint density at radius 2 is 2.30 bits per heavy atom. The van der Waals surface area contributed by atoms with Crippen molar-refractivity contribution in [1.82, 2.24) is 5.32 Å². The van der Waals surface area contributed by atoms with Crippen molar-refractivity contribution in [2.24, 2.45) is 0 Å². The minimum atomic E-state index is -0.566. The van der Waals surface area contributed by atoms with Crippen molar-refractivity contribution in [3.05, 3.63) is 23.8 Å². The van der Waals surface area contributed by atoms with Crippen molar-refractivity contribution in [1.29, 1.82) is 0 Å². The lowest BCUT2D eigenvalue weighted by Gasteiger charge is -2.18. The number of aliphatic hydroxyl groups is 1. The number of para-hydroxylation sites is 1. The maximum atomic E-state index is 11.6. The van der Waals surface area contributed by atoms with Gasteiger partial charge >= 0.3 is 0 Å². The second kappa shape index (κ2) is 5.71. The Morgan fingerprint density at radius 3 is 3.00 bits per heavy atom. The van der Waals surface area contributed by atoms with Crippen LogP contribution in [-0.4, -0.2) is 35.9 Å². The predicted octanol–water partition coefficient (Wildman–Crippen LogP) is 1.28. The average molecular weight is 279 g/mol. The number of nitrogens with one attached hydrogen (secondary N) is 1. The fourth-order valence-corrected chi connectivity index (χ4v) is 2.16. The summed E-state index contributed by atoms with van der Waals surface area (Å²) in [5.41, 5.74) is 0.855. The summed E-state index contributed by atoms with van der Waals surface area (Å²) < 4.78 is 11.4. The first-order valence-corrected chi connectivity index (χ1v) is 6.76. The molecular formula is C15H21NO4. The van der Waals surface area contributed by atoms with Gasteiger partial charge in [-0.2, -0.15) is 0 Å². The van der Waals surface area contributed by atoms with Gasteiger partial charge < -0.3 is 19.9 Å². The number of carbonyl (C=O) groups excluding carboxylic acids is 1. The van der Waals surface area contributed by atoms with Gasteiger partial charge in [0.25, 0.3) is 5.91 Å². The molecular weight excluding hydrogens is 258 g/mol. The Morgan fingerprint density at radius 1 is 1.55 bits per heavy atom. The van der Waals surface area contributed by atoms with Gasteiger partial charge in [0.05, 0.1) is 6.10 Å². The molecule has 0 bridgehead atoms. The highest BCUT2D eigenvalue weighted by atomic mass is 16.5. The summed E-state index contributed by atoms with van der Waals surface area (Å²) in [5, 5.41) is 11.7. The first-order chi connectivity index (χ1) is 9.37. The average Bonchev–Trinajstić information content (AvgIpc) is 2.68. The molecule has 1 aliphatic heterocycles. The van der Waals surface area contributed by atoms with E-state index in [1.807, 2.05) is 26.0 Å². The molecule has 5 heteroatoms. The summed E-state index contributed by atoms with van der Waals surface area (Å²) in [6, 6.07) is 5.69. The Balaban J connectivity index is 1.95. The summed E-state index contributed by atoms with van der Waals surface area (Å²) in [4.78, 5) is 11.6. The van der Waals surface area contributed by atoms with Gasteiger partial charge in [-0.1, -0.05) is 12.1 Å². The van der Waals surface area contributed by atoms with Gasteiger partial charge in [-0.3, -0.25) is 4.79 Å². The van der Waals surface area contributed by atoms with Crippen molar-refractivity contribution >= 4 is 5.91 Å². The maximum absolute atomic E-state index is 11.6. The molecule has 1 aliphatic rings. The Hall–Kier alpha value is -1.75. The minimum absolute atomic E-state index is 0.0903. The van der Waals surface area contributed by atoms with Crippen LogP contribution in [0, 0.1) is 0 Å². The van der Waals surface area contributed by atoms with E-state index in [9.17, 15) is 4.79 Å². The number of hydrogen-bond donors (Lipinski definition) is 2. The summed E-state index contributed by atoms with van der Waals surface area (Å²) in [5.74, 6) is 1.04. The molecule has 0 saturated carbocycles. The third kappa shape index (κ3) is 3.63. The first-order valence-electron chi connectivity index (χ1n) is 6.76. The van der Waals surface area contributed by atoms with E-state index in [4.69, 9.17) is 14.6 Å². The number of rotatable bonds is 5. The highest BCUT2D eigenvalue weighted by Gasteiger charge is 2.32. The van der Waals surface area contributed by atoms with E-state index in [2.05, 4.69) is 5.32 Å². The topological polar surface area (TPSA) is 67.8 Å². The summed E-state index contributed by atoms with van der Waals surface area (Å²) in [7, 11) is 0. The normalized spacial score (nSPS) is 17.0. The van der Waals surface area contributed by atoms with Crippen LogP contribution in [-0.2, 0) is 11.2 Å². The molecule has 2 N–H and O–H groups in total. The molecule has 0 fully saturated rings. The molecule has 20 heavy (non-hydrogen) atoms. The highest BCUT2D eigenvalue weighted by molar-refractivity contribution is 5.77. The van der Waals surface area contributed by atoms with E-state index in [1.54, 1.807) is 13.0 Å². The number of amides is 1. The third-order valence-electron chi connectivity index (χ3n) is 3.01. The molecule has 1 amide bonds. The Bertz CT molecular complexity index is 497. The molecule has 2 rings (SSSR count). The van der Waals surface area contributed by atoms with E-state index in [-0.39, 0.29) is 24.7 Å². The second-order valence-corrected chi connectivity index (χ2v) is 5.72. The molecule has 1 aromatic rings. The monoisotopic (exact) mass is 279 g/mol. The first kappa shape index (κ1) is 14.7. The Labute approximate surface area is 118 Å². The summed E-state index contributed by atoms with van der Waals surface area (Å²) >= 11 is 0. The number of hydrogen-bond acceptors (Lipinski definition) is 4. The minimum Gasteiger partial charge on any atom is -0.483 e. The SMILES string of the molecule is CC(O)CNC(=O)COc1cccc2c1OC(C)(C)C2. The zero-order chi connectivity index (χ0) is 14.8. The van der Waals surface area contributed by atoms with E-state index in [1.165, 1.54) is 0 Å². The van der Waals surface area contributed by atoms with E-state index < -0.39 is 6.10 Å². The van der Waals surface area contributed by atoms with Crippen molar-refractivity contribution in [3.63, 3.8) is 0 Å². The van der Waals surface area contributed by atoms with Gasteiger partial charge in [0.15, 0.2) is 18.1 Å². The fourth-order valence-electron chi connectivity index (χ4n) is 2.16. The molecule has 1 atom stereocenters. The van der Waals surface area contributed by atoms with Gasteiger partial charge in [0.2, 0.25) is 0 Å². The van der Waals surface area contributed by atoms with Crippen LogP contribution in [0.25, 0.3) is 0 Å². The highest BCUT2D eigenvalue weighted by Crippen LogP contribution is 2.41. The molecule has 1 heterocycles. The molecule has 110 valence electrons. The van der Waals surface area contributed by atoms with Crippen LogP contribution >= 0.6 is 0 Å². The van der Waals surface area contributed by atoms with Crippen LogP contribution in [0.2, 0.25) is 0 Å². The number of fused-ring (bicyclic) bond motifs is 1. The number of benzene rings is 1. The third-order valence-corrected chi connectivity index (χ3v) is 3.01. The van der Waals surface area contributed by atoms with E-state index in [0.717, 1.165) is 17.7 Å². The van der Waals surface area contributed by atoms with E-state index in [0.29, 0.717) is 5.75 Å². The zero-order valence-corrected chi connectivity index (χ0v) is 12.1. The number of aliphatic hydroxyl groups excluding tert-OH is 1. The van der Waals surface area contributed by atoms with Gasteiger partial charge in [0.1, 0.15) is 5.60 Å². The van der Waals surface area contributed by atoms with Gasteiger partial charge in [-0.15, -0.1) is 0 Å². The lowest BCUT2D eigenvalue weighted by molar-refractivity contribution is -0.123. The van der Waals surface area contributed by atoms with Gasteiger partial charge in [-0.25, -0.2) is 0 Å². The van der Waals surface area contributed by atoms with Crippen LogP contribution in [0.1, 0.15) is 26.3 Å². The van der Waals surface area contributed by atoms with Crippen LogP contribution in [0.4, 0.5) is 0 Å². The van der Waals surface area contributed by atoms with Crippen molar-refractivity contribution < 1.29 is 19.4 Å². The predicted molar refractivity (Wildman–Crippen MR) is 75.0 cm³/mol. The standard InChI is InChI=1S/C15H21NO4/c1-10(17)8-16-13(18)9-19-12-6-4-5-11-7-15(2,3)20-14(11)12/h4-6,10,17H,7-9H2,1-3H3,(H,16,18). The molecule has 0 aliphatic carbocycles. The number of carbonyl (C=O) groups is 1. The van der Waals surface area contributed by atoms with Crippen LogP contribution in [0.3, 0.4) is 0 Å².